The van der Waals surface area contributed by atoms with Crippen molar-refractivity contribution < 1.29 is 4.74 Å². The van der Waals surface area contributed by atoms with Crippen LogP contribution in [0.4, 0.5) is 0 Å². The molecule has 1 aliphatic rings. The van der Waals surface area contributed by atoms with E-state index < -0.39 is 0 Å². The topological polar surface area (TPSA) is 36.3 Å². The first-order valence-corrected chi connectivity index (χ1v) is 6.65. The number of hydrogen-bond donors (Lipinski definition) is 0. The Kier molecular flexibility index (Phi) is 4.46. The predicted octanol–water partition coefficient (Wildman–Crippen LogP) is 3.01. The highest BCUT2D eigenvalue weighted by Crippen LogP contribution is 2.33. The van der Waals surface area contributed by atoms with E-state index in [1.165, 1.54) is 5.56 Å². The van der Waals surface area contributed by atoms with Gasteiger partial charge in [-0.2, -0.15) is 5.26 Å². The van der Waals surface area contributed by atoms with Crippen LogP contribution in [0.1, 0.15) is 24.5 Å². The Hall–Kier alpha value is -1.24. The third-order valence-corrected chi connectivity index (χ3v) is 3.42. The van der Waals surface area contributed by atoms with Crippen LogP contribution < -0.4 is 4.74 Å². The lowest BCUT2D eigenvalue weighted by atomic mass is 10.1. The summed E-state index contributed by atoms with van der Waals surface area (Å²) in [4.78, 5) is 2.23. The SMILES string of the molecule is CCN(CCC#N)Cc1cc(Cl)cc2c1OCC2. The third kappa shape index (κ3) is 2.95. The number of fused-ring (bicyclic) bond motifs is 1. The van der Waals surface area contributed by atoms with Crippen molar-refractivity contribution in [2.45, 2.75) is 26.3 Å². The van der Waals surface area contributed by atoms with Gasteiger partial charge in [-0.3, -0.25) is 4.90 Å². The van der Waals surface area contributed by atoms with E-state index in [1.807, 2.05) is 12.1 Å². The molecule has 0 aliphatic carbocycles. The molecule has 1 aromatic rings. The third-order valence-electron chi connectivity index (χ3n) is 3.21. The molecule has 4 heteroatoms. The number of halogens is 1. The molecule has 0 N–H and O–H groups in total. The fourth-order valence-corrected chi connectivity index (χ4v) is 2.52. The van der Waals surface area contributed by atoms with Crippen molar-refractivity contribution in [1.82, 2.24) is 4.90 Å². The second kappa shape index (κ2) is 6.08. The Labute approximate surface area is 113 Å². The molecule has 1 heterocycles. The zero-order valence-corrected chi connectivity index (χ0v) is 11.3. The molecule has 1 aliphatic heterocycles. The van der Waals surface area contributed by atoms with Crippen molar-refractivity contribution in [3.63, 3.8) is 0 Å². The Bertz CT molecular complexity index is 468. The van der Waals surface area contributed by atoms with Gasteiger partial charge in [-0.25, -0.2) is 0 Å². The van der Waals surface area contributed by atoms with Crippen molar-refractivity contribution in [3.05, 3.63) is 28.3 Å². The van der Waals surface area contributed by atoms with E-state index in [2.05, 4.69) is 17.9 Å². The minimum absolute atomic E-state index is 0.553. The standard InChI is InChI=1S/C14H17ClN2O/c1-2-17(6-3-5-16)10-12-9-13(15)8-11-4-7-18-14(11)12/h8-9H,2-4,6-7,10H2,1H3. The number of nitrogens with zero attached hydrogens (tertiary/aromatic N) is 2. The second-order valence-corrected chi connectivity index (χ2v) is 4.86. The summed E-state index contributed by atoms with van der Waals surface area (Å²) in [5, 5.41) is 9.42. The summed E-state index contributed by atoms with van der Waals surface area (Å²) in [6, 6.07) is 6.14. The minimum atomic E-state index is 0.553. The second-order valence-electron chi connectivity index (χ2n) is 4.43. The lowest BCUT2D eigenvalue weighted by Crippen LogP contribution is -2.24. The van der Waals surface area contributed by atoms with Crippen molar-refractivity contribution in [3.8, 4) is 11.8 Å². The molecule has 0 atom stereocenters. The average Bonchev–Trinajstić information content (AvgIpc) is 2.82. The van der Waals surface area contributed by atoms with Crippen LogP contribution in [0.25, 0.3) is 0 Å². The fourth-order valence-electron chi connectivity index (χ4n) is 2.26. The first-order chi connectivity index (χ1) is 8.74. The Morgan fingerprint density at radius 1 is 1.50 bits per heavy atom. The van der Waals surface area contributed by atoms with Gasteiger partial charge in [0.1, 0.15) is 5.75 Å². The Morgan fingerprint density at radius 2 is 2.33 bits per heavy atom. The number of benzene rings is 1. The molecule has 0 fully saturated rings. The quantitative estimate of drug-likeness (QED) is 0.820. The van der Waals surface area contributed by atoms with Gasteiger partial charge in [0.05, 0.1) is 12.7 Å². The van der Waals surface area contributed by atoms with Crippen LogP contribution in [0.5, 0.6) is 5.75 Å². The van der Waals surface area contributed by atoms with E-state index in [9.17, 15) is 0 Å². The average molecular weight is 265 g/mol. The molecule has 0 spiro atoms. The highest BCUT2D eigenvalue weighted by molar-refractivity contribution is 6.30. The van der Waals surface area contributed by atoms with Gasteiger partial charge in [0.2, 0.25) is 0 Å². The molecule has 0 aromatic heterocycles. The van der Waals surface area contributed by atoms with Gasteiger partial charge in [0, 0.05) is 36.5 Å². The summed E-state index contributed by atoms with van der Waals surface area (Å²) in [6.07, 6.45) is 1.49. The minimum Gasteiger partial charge on any atom is -0.493 e. The van der Waals surface area contributed by atoms with Gasteiger partial charge in [-0.1, -0.05) is 18.5 Å². The van der Waals surface area contributed by atoms with E-state index in [0.717, 1.165) is 49.0 Å². The highest BCUT2D eigenvalue weighted by atomic mass is 35.5. The maximum Gasteiger partial charge on any atom is 0.127 e. The molecular weight excluding hydrogens is 248 g/mol. The monoisotopic (exact) mass is 264 g/mol. The molecule has 18 heavy (non-hydrogen) atoms. The zero-order valence-electron chi connectivity index (χ0n) is 10.6. The van der Waals surface area contributed by atoms with Crippen LogP contribution in [0.2, 0.25) is 5.02 Å². The van der Waals surface area contributed by atoms with E-state index >= 15 is 0 Å². The van der Waals surface area contributed by atoms with Crippen LogP contribution in [0, 0.1) is 11.3 Å². The number of ether oxygens (including phenoxy) is 1. The first kappa shape index (κ1) is 13.2. The molecule has 0 saturated heterocycles. The summed E-state index contributed by atoms with van der Waals surface area (Å²) in [7, 11) is 0. The summed E-state index contributed by atoms with van der Waals surface area (Å²) < 4.78 is 5.68. The van der Waals surface area contributed by atoms with E-state index in [-0.39, 0.29) is 0 Å². The van der Waals surface area contributed by atoms with Crippen LogP contribution >= 0.6 is 11.6 Å². The summed E-state index contributed by atoms with van der Waals surface area (Å²) in [5.41, 5.74) is 2.34. The van der Waals surface area contributed by atoms with E-state index in [4.69, 9.17) is 21.6 Å². The molecule has 3 nitrogen and oxygen atoms in total. The number of rotatable bonds is 5. The maximum absolute atomic E-state index is 8.65. The lowest BCUT2D eigenvalue weighted by molar-refractivity contribution is 0.278. The summed E-state index contributed by atoms with van der Waals surface area (Å²) in [5.74, 6) is 0.995. The van der Waals surface area contributed by atoms with Crippen LogP contribution in [-0.2, 0) is 13.0 Å². The van der Waals surface area contributed by atoms with Crippen molar-refractivity contribution >= 4 is 11.6 Å². The molecule has 0 bridgehead atoms. The molecular formula is C14H17ClN2O. The summed E-state index contributed by atoms with van der Waals surface area (Å²) >= 11 is 6.13. The molecule has 2 rings (SSSR count). The summed E-state index contributed by atoms with van der Waals surface area (Å²) in [6.45, 7) is 5.34. The van der Waals surface area contributed by atoms with Crippen LogP contribution in [0.3, 0.4) is 0 Å². The molecule has 0 amide bonds. The Balaban J connectivity index is 2.15. The predicted molar refractivity (Wildman–Crippen MR) is 71.8 cm³/mol. The zero-order chi connectivity index (χ0) is 13.0. The highest BCUT2D eigenvalue weighted by Gasteiger charge is 2.18. The smallest absolute Gasteiger partial charge is 0.127 e. The van der Waals surface area contributed by atoms with Crippen LogP contribution in [-0.4, -0.2) is 24.6 Å². The molecule has 0 unspecified atom stereocenters. The maximum atomic E-state index is 8.65. The van der Waals surface area contributed by atoms with Crippen molar-refractivity contribution in [1.29, 1.82) is 5.26 Å². The van der Waals surface area contributed by atoms with Gasteiger partial charge >= 0.3 is 0 Å². The normalized spacial score (nSPS) is 13.2. The fraction of sp³-hybridized carbons (Fsp3) is 0.500. The Morgan fingerprint density at radius 3 is 3.06 bits per heavy atom. The molecule has 0 saturated carbocycles. The van der Waals surface area contributed by atoms with Gasteiger partial charge in [-0.05, 0) is 24.2 Å². The molecule has 0 radical (unpaired) electrons. The lowest BCUT2D eigenvalue weighted by Gasteiger charge is -2.20. The van der Waals surface area contributed by atoms with Crippen LogP contribution in [0.15, 0.2) is 12.1 Å². The molecule has 1 aromatic carbocycles. The molecule has 96 valence electrons. The number of hydrogen-bond acceptors (Lipinski definition) is 3. The van der Waals surface area contributed by atoms with Crippen molar-refractivity contribution in [2.75, 3.05) is 19.7 Å². The first-order valence-electron chi connectivity index (χ1n) is 6.28. The van der Waals surface area contributed by atoms with Crippen molar-refractivity contribution in [2.24, 2.45) is 0 Å². The van der Waals surface area contributed by atoms with E-state index in [0.29, 0.717) is 6.42 Å². The number of nitriles is 1. The largest absolute Gasteiger partial charge is 0.493 e. The van der Waals surface area contributed by atoms with Gasteiger partial charge in [-0.15, -0.1) is 0 Å². The van der Waals surface area contributed by atoms with Gasteiger partial charge in [0.25, 0.3) is 0 Å². The van der Waals surface area contributed by atoms with E-state index in [1.54, 1.807) is 0 Å². The van der Waals surface area contributed by atoms with Gasteiger partial charge in [0.15, 0.2) is 0 Å². The van der Waals surface area contributed by atoms with Gasteiger partial charge < -0.3 is 4.74 Å².